The van der Waals surface area contributed by atoms with Crippen LogP contribution < -0.4 is 0 Å². The lowest BCUT2D eigenvalue weighted by molar-refractivity contribution is -0.159. The molecule has 0 aromatic carbocycles. The quantitative estimate of drug-likeness (QED) is 0.696. The van der Waals surface area contributed by atoms with E-state index >= 15 is 0 Å². The summed E-state index contributed by atoms with van der Waals surface area (Å²) in [7, 11) is 1.74. The first-order valence-electron chi connectivity index (χ1n) is 9.16. The third-order valence-corrected chi connectivity index (χ3v) is 5.50. The van der Waals surface area contributed by atoms with Crippen LogP contribution in [0.5, 0.6) is 0 Å². The molecule has 4 heteroatoms. The predicted octanol–water partition coefficient (Wildman–Crippen LogP) is 3.88. The largest absolute Gasteiger partial charge is 0.461 e. The summed E-state index contributed by atoms with van der Waals surface area (Å²) in [6, 6.07) is -0.526. The van der Waals surface area contributed by atoms with Crippen molar-refractivity contribution in [3.8, 4) is 0 Å². The second-order valence-electron chi connectivity index (χ2n) is 7.71. The van der Waals surface area contributed by atoms with E-state index < -0.39 is 6.04 Å². The number of hydrogen-bond acceptors (Lipinski definition) is 3. The van der Waals surface area contributed by atoms with Gasteiger partial charge in [-0.05, 0) is 50.9 Å². The molecule has 1 fully saturated rings. The van der Waals surface area contributed by atoms with Gasteiger partial charge in [-0.1, -0.05) is 34.1 Å². The van der Waals surface area contributed by atoms with Crippen molar-refractivity contribution in [3.63, 3.8) is 0 Å². The van der Waals surface area contributed by atoms with E-state index in [4.69, 9.17) is 4.74 Å². The second kappa shape index (κ2) is 8.70. The van der Waals surface area contributed by atoms with Crippen LogP contribution in [-0.4, -0.2) is 36.0 Å². The molecule has 1 unspecified atom stereocenters. The lowest BCUT2D eigenvalue weighted by Gasteiger charge is -2.39. The van der Waals surface area contributed by atoms with Crippen molar-refractivity contribution in [3.05, 3.63) is 0 Å². The van der Waals surface area contributed by atoms with Gasteiger partial charge in [0.2, 0.25) is 5.91 Å². The van der Waals surface area contributed by atoms with E-state index in [9.17, 15) is 9.59 Å². The van der Waals surface area contributed by atoms with E-state index in [1.54, 1.807) is 18.9 Å². The van der Waals surface area contributed by atoms with Crippen LogP contribution in [0.3, 0.4) is 0 Å². The zero-order valence-corrected chi connectivity index (χ0v) is 16.0. The van der Waals surface area contributed by atoms with Crippen LogP contribution in [0.25, 0.3) is 0 Å². The fourth-order valence-corrected chi connectivity index (χ4v) is 3.48. The van der Waals surface area contributed by atoms with Gasteiger partial charge in [0, 0.05) is 13.0 Å². The summed E-state index contributed by atoms with van der Waals surface area (Å²) in [5.41, 5.74) is 0. The van der Waals surface area contributed by atoms with Crippen LogP contribution in [0, 0.1) is 23.7 Å². The highest BCUT2D eigenvalue weighted by molar-refractivity contribution is 5.85. The Kier molecular flexibility index (Phi) is 7.56. The predicted molar refractivity (Wildman–Crippen MR) is 92.9 cm³/mol. The van der Waals surface area contributed by atoms with Gasteiger partial charge in [0.05, 0.1) is 6.10 Å². The molecule has 0 radical (unpaired) electrons. The smallest absolute Gasteiger partial charge is 0.328 e. The molecule has 0 aromatic heterocycles. The number of ether oxygens (including phenoxy) is 1. The van der Waals surface area contributed by atoms with E-state index in [1.807, 2.05) is 13.8 Å². The summed E-state index contributed by atoms with van der Waals surface area (Å²) < 4.78 is 5.38. The first-order chi connectivity index (χ1) is 10.7. The summed E-state index contributed by atoms with van der Waals surface area (Å²) in [5, 5.41) is 0. The Hall–Kier alpha value is -1.06. The normalized spacial score (nSPS) is 27.4. The van der Waals surface area contributed by atoms with Crippen molar-refractivity contribution in [2.45, 2.75) is 79.4 Å². The Bertz CT molecular complexity index is 407. The molecule has 1 saturated carbocycles. The van der Waals surface area contributed by atoms with Gasteiger partial charge < -0.3 is 9.64 Å². The first-order valence-corrected chi connectivity index (χ1v) is 9.16. The molecule has 1 amide bonds. The molecule has 0 aromatic rings. The van der Waals surface area contributed by atoms with E-state index in [-0.39, 0.29) is 23.9 Å². The molecule has 1 rings (SSSR count). The molecular weight excluding hydrogens is 290 g/mol. The van der Waals surface area contributed by atoms with Gasteiger partial charge in [0.25, 0.3) is 0 Å². The minimum atomic E-state index is -0.526. The number of hydrogen-bond donors (Lipinski definition) is 0. The summed E-state index contributed by atoms with van der Waals surface area (Å²) >= 11 is 0. The maximum Gasteiger partial charge on any atom is 0.328 e. The Balaban J connectivity index is 2.78. The molecule has 0 aliphatic heterocycles. The molecule has 134 valence electrons. The fraction of sp³-hybridized carbons (Fsp3) is 0.895. The Morgan fingerprint density at radius 3 is 2.30 bits per heavy atom. The maximum absolute atomic E-state index is 13.0. The average molecular weight is 325 g/mol. The van der Waals surface area contributed by atoms with E-state index in [0.29, 0.717) is 17.8 Å². The van der Waals surface area contributed by atoms with Crippen LogP contribution in [0.4, 0.5) is 0 Å². The third-order valence-electron chi connectivity index (χ3n) is 5.50. The SMILES string of the molecule is CCC(C)OC(=O)[C@@H](C)N(C)C(=O)[C@@H]1C[C@H](C)CC[C@H]1C(C)C. The lowest BCUT2D eigenvalue weighted by atomic mass is 9.69. The van der Waals surface area contributed by atoms with Crippen LogP contribution in [0.1, 0.15) is 67.2 Å². The number of amides is 1. The van der Waals surface area contributed by atoms with Crippen molar-refractivity contribution in [1.29, 1.82) is 0 Å². The van der Waals surface area contributed by atoms with Crippen LogP contribution in [0.15, 0.2) is 0 Å². The van der Waals surface area contributed by atoms with Gasteiger partial charge >= 0.3 is 5.97 Å². The van der Waals surface area contributed by atoms with Crippen molar-refractivity contribution in [1.82, 2.24) is 4.90 Å². The molecule has 23 heavy (non-hydrogen) atoms. The average Bonchev–Trinajstić information content (AvgIpc) is 2.51. The molecule has 0 spiro atoms. The number of carbonyl (C=O) groups is 2. The molecule has 0 N–H and O–H groups in total. The molecular formula is C19H35NO3. The molecule has 4 nitrogen and oxygen atoms in total. The van der Waals surface area contributed by atoms with Gasteiger partial charge in [-0.25, -0.2) is 4.79 Å². The first kappa shape index (κ1) is 20.0. The highest BCUT2D eigenvalue weighted by atomic mass is 16.5. The fourth-order valence-electron chi connectivity index (χ4n) is 3.48. The van der Waals surface area contributed by atoms with Crippen molar-refractivity contribution in [2.75, 3.05) is 7.05 Å². The Morgan fingerprint density at radius 2 is 1.78 bits per heavy atom. The molecule has 0 bridgehead atoms. The van der Waals surface area contributed by atoms with Gasteiger partial charge in [0.1, 0.15) is 6.04 Å². The summed E-state index contributed by atoms with van der Waals surface area (Å²) in [6.07, 6.45) is 3.91. The van der Waals surface area contributed by atoms with E-state index in [2.05, 4.69) is 20.8 Å². The minimum Gasteiger partial charge on any atom is -0.461 e. The summed E-state index contributed by atoms with van der Waals surface area (Å²) in [4.78, 5) is 26.8. The zero-order valence-electron chi connectivity index (χ0n) is 16.0. The number of esters is 1. The number of nitrogens with zero attached hydrogens (tertiary/aromatic N) is 1. The number of likely N-dealkylation sites (N-methyl/N-ethyl adjacent to an activating group) is 1. The van der Waals surface area contributed by atoms with Crippen LogP contribution >= 0.6 is 0 Å². The van der Waals surface area contributed by atoms with Gasteiger partial charge in [-0.3, -0.25) is 4.79 Å². The minimum absolute atomic E-state index is 0.0302. The zero-order chi connectivity index (χ0) is 17.7. The lowest BCUT2D eigenvalue weighted by Crippen LogP contribution is -2.48. The van der Waals surface area contributed by atoms with Gasteiger partial charge in [0.15, 0.2) is 0 Å². The monoisotopic (exact) mass is 325 g/mol. The molecule has 0 heterocycles. The molecule has 0 saturated heterocycles. The highest BCUT2D eigenvalue weighted by Gasteiger charge is 2.38. The third kappa shape index (κ3) is 5.22. The van der Waals surface area contributed by atoms with Crippen LogP contribution in [-0.2, 0) is 14.3 Å². The highest BCUT2D eigenvalue weighted by Crippen LogP contribution is 2.39. The maximum atomic E-state index is 13.0. The summed E-state index contributed by atoms with van der Waals surface area (Å²) in [5.74, 6) is 1.31. The van der Waals surface area contributed by atoms with Crippen molar-refractivity contribution >= 4 is 11.9 Å². The standard InChI is InChI=1S/C19H35NO3/c1-8-14(5)23-19(22)15(6)20(7)18(21)17-11-13(4)9-10-16(17)12(2)3/h12-17H,8-11H2,1-7H3/t13-,14?,15-,16+,17-/m1/s1. The molecule has 1 aliphatic rings. The second-order valence-corrected chi connectivity index (χ2v) is 7.71. The van der Waals surface area contributed by atoms with Gasteiger partial charge in [-0.2, -0.15) is 0 Å². The molecule has 1 aliphatic carbocycles. The van der Waals surface area contributed by atoms with E-state index in [0.717, 1.165) is 19.3 Å². The number of rotatable bonds is 6. The Morgan fingerprint density at radius 1 is 1.17 bits per heavy atom. The van der Waals surface area contributed by atoms with Crippen LogP contribution in [0.2, 0.25) is 0 Å². The summed E-state index contributed by atoms with van der Waals surface area (Å²) in [6.45, 7) is 12.2. The van der Waals surface area contributed by atoms with Gasteiger partial charge in [-0.15, -0.1) is 0 Å². The number of carbonyl (C=O) groups excluding carboxylic acids is 2. The van der Waals surface area contributed by atoms with Crippen molar-refractivity contribution in [2.24, 2.45) is 23.7 Å². The molecule has 5 atom stereocenters. The van der Waals surface area contributed by atoms with Crippen molar-refractivity contribution < 1.29 is 14.3 Å². The Labute approximate surface area is 141 Å². The topological polar surface area (TPSA) is 46.6 Å². The van der Waals surface area contributed by atoms with E-state index in [1.165, 1.54) is 6.42 Å².